The maximum atomic E-state index is 9.22. The van der Waals surface area contributed by atoms with E-state index in [0.717, 1.165) is 5.56 Å². The van der Waals surface area contributed by atoms with Crippen LogP contribution in [0.4, 0.5) is 6.01 Å². The third-order valence-corrected chi connectivity index (χ3v) is 2.97. The molecule has 2 N–H and O–H groups in total. The smallest absolute Gasteiger partial charge is 0.318 e. The van der Waals surface area contributed by atoms with Gasteiger partial charge in [-0.3, -0.25) is 0 Å². The van der Waals surface area contributed by atoms with Crippen molar-refractivity contribution in [2.24, 2.45) is 0 Å². The van der Waals surface area contributed by atoms with Gasteiger partial charge in [0.15, 0.2) is 0 Å². The lowest BCUT2D eigenvalue weighted by Gasteiger charge is -2.18. The van der Waals surface area contributed by atoms with E-state index in [1.807, 2.05) is 35.2 Å². The Morgan fingerprint density at radius 1 is 1.24 bits per heavy atom. The second-order valence-electron chi connectivity index (χ2n) is 5.14. The van der Waals surface area contributed by atoms with Crippen LogP contribution in [0.3, 0.4) is 0 Å². The first kappa shape index (κ1) is 15.5. The minimum Gasteiger partial charge on any atom is -0.407 e. The largest absolute Gasteiger partial charge is 0.407 e. The molecule has 0 unspecified atom stereocenters. The average Bonchev–Trinajstić information content (AvgIpc) is 2.94. The summed E-state index contributed by atoms with van der Waals surface area (Å²) in [5, 5.41) is 20.5. The lowest BCUT2D eigenvalue weighted by Crippen LogP contribution is -2.26. The Bertz CT molecular complexity index is 527. The third-order valence-electron chi connectivity index (χ3n) is 2.97. The number of benzene rings is 1. The van der Waals surface area contributed by atoms with Crippen molar-refractivity contribution in [3.8, 4) is 0 Å². The van der Waals surface area contributed by atoms with Crippen molar-refractivity contribution < 1.29 is 9.52 Å². The van der Waals surface area contributed by atoms with Gasteiger partial charge in [-0.05, 0) is 5.56 Å². The molecule has 1 heterocycles. The Morgan fingerprint density at radius 2 is 2.00 bits per heavy atom. The predicted octanol–water partition coefficient (Wildman–Crippen LogP) is 1.57. The standard InChI is InChI=1S/C15H22N4O2/c1-12(2)16-10-14-17-18-15(21-14)19(8-9-20)11-13-6-4-3-5-7-13/h3-7,12,16,20H,8-11H2,1-2H3. The Balaban J connectivity index is 2.04. The molecule has 0 saturated heterocycles. The summed E-state index contributed by atoms with van der Waals surface area (Å²) in [6, 6.07) is 10.8. The monoisotopic (exact) mass is 290 g/mol. The predicted molar refractivity (Wildman–Crippen MR) is 80.9 cm³/mol. The van der Waals surface area contributed by atoms with Crippen LogP contribution >= 0.6 is 0 Å². The van der Waals surface area contributed by atoms with E-state index in [0.29, 0.717) is 37.6 Å². The first-order valence-electron chi connectivity index (χ1n) is 7.14. The Morgan fingerprint density at radius 3 is 2.67 bits per heavy atom. The summed E-state index contributed by atoms with van der Waals surface area (Å²) in [5.41, 5.74) is 1.13. The van der Waals surface area contributed by atoms with Crippen LogP contribution in [0, 0.1) is 0 Å². The molecule has 0 atom stereocenters. The van der Waals surface area contributed by atoms with Crippen molar-refractivity contribution in [2.45, 2.75) is 33.0 Å². The number of nitrogens with zero attached hydrogens (tertiary/aromatic N) is 3. The zero-order chi connectivity index (χ0) is 15.1. The van der Waals surface area contributed by atoms with Crippen LogP contribution < -0.4 is 10.2 Å². The van der Waals surface area contributed by atoms with Crippen molar-refractivity contribution in [1.82, 2.24) is 15.5 Å². The normalized spacial score (nSPS) is 11.0. The number of aliphatic hydroxyl groups is 1. The molecule has 0 bridgehead atoms. The van der Waals surface area contributed by atoms with Gasteiger partial charge < -0.3 is 19.7 Å². The van der Waals surface area contributed by atoms with Gasteiger partial charge in [0.05, 0.1) is 13.2 Å². The SMILES string of the molecule is CC(C)NCc1nnc(N(CCO)Cc2ccccc2)o1. The van der Waals surface area contributed by atoms with E-state index in [1.54, 1.807) is 0 Å². The molecule has 0 spiro atoms. The van der Waals surface area contributed by atoms with Crippen molar-refractivity contribution in [3.63, 3.8) is 0 Å². The highest BCUT2D eigenvalue weighted by Gasteiger charge is 2.14. The first-order valence-corrected chi connectivity index (χ1v) is 7.14. The number of rotatable bonds is 8. The van der Waals surface area contributed by atoms with Crippen LogP contribution in [0.2, 0.25) is 0 Å². The summed E-state index contributed by atoms with van der Waals surface area (Å²) < 4.78 is 5.65. The molecule has 0 saturated carbocycles. The molecule has 114 valence electrons. The minimum atomic E-state index is 0.0365. The Labute approximate surface area is 124 Å². The highest BCUT2D eigenvalue weighted by atomic mass is 16.4. The van der Waals surface area contributed by atoms with E-state index in [1.165, 1.54) is 0 Å². The van der Waals surface area contributed by atoms with Crippen molar-refractivity contribution in [3.05, 3.63) is 41.8 Å². The van der Waals surface area contributed by atoms with Gasteiger partial charge in [-0.1, -0.05) is 49.3 Å². The van der Waals surface area contributed by atoms with Gasteiger partial charge in [-0.25, -0.2) is 0 Å². The molecule has 0 aliphatic carbocycles. The van der Waals surface area contributed by atoms with Gasteiger partial charge in [-0.15, -0.1) is 5.10 Å². The number of anilines is 1. The minimum absolute atomic E-state index is 0.0365. The van der Waals surface area contributed by atoms with Crippen molar-refractivity contribution in [2.75, 3.05) is 18.1 Å². The molecule has 0 radical (unpaired) electrons. The second-order valence-corrected chi connectivity index (χ2v) is 5.14. The third kappa shape index (κ3) is 4.84. The lowest BCUT2D eigenvalue weighted by atomic mass is 10.2. The number of hydrogen-bond donors (Lipinski definition) is 2. The molecular weight excluding hydrogens is 268 g/mol. The fourth-order valence-corrected chi connectivity index (χ4v) is 1.90. The summed E-state index contributed by atoms with van der Waals surface area (Å²) in [6.07, 6.45) is 0. The van der Waals surface area contributed by atoms with Gasteiger partial charge in [0.2, 0.25) is 5.89 Å². The van der Waals surface area contributed by atoms with Crippen molar-refractivity contribution in [1.29, 1.82) is 0 Å². The summed E-state index contributed by atoms with van der Waals surface area (Å²) in [5.74, 6) is 0.551. The average molecular weight is 290 g/mol. The highest BCUT2D eigenvalue weighted by molar-refractivity contribution is 5.28. The molecular formula is C15H22N4O2. The van der Waals surface area contributed by atoms with E-state index in [9.17, 15) is 5.11 Å². The summed E-state index contributed by atoms with van der Waals surface area (Å²) >= 11 is 0. The van der Waals surface area contributed by atoms with Crippen LogP contribution in [0.15, 0.2) is 34.7 Å². The zero-order valence-electron chi connectivity index (χ0n) is 12.5. The molecule has 1 aromatic heterocycles. The summed E-state index contributed by atoms with van der Waals surface area (Å²) in [6.45, 7) is 5.78. The molecule has 0 fully saturated rings. The number of hydrogen-bond acceptors (Lipinski definition) is 6. The number of aliphatic hydroxyl groups excluding tert-OH is 1. The van der Waals surface area contributed by atoms with Gasteiger partial charge in [0, 0.05) is 19.1 Å². The van der Waals surface area contributed by atoms with Crippen LogP contribution in [0.5, 0.6) is 0 Å². The van der Waals surface area contributed by atoms with Gasteiger partial charge in [-0.2, -0.15) is 0 Å². The number of nitrogens with one attached hydrogen (secondary N) is 1. The molecule has 6 heteroatoms. The zero-order valence-corrected chi connectivity index (χ0v) is 12.5. The molecule has 21 heavy (non-hydrogen) atoms. The van der Waals surface area contributed by atoms with E-state index >= 15 is 0 Å². The van der Waals surface area contributed by atoms with E-state index in [4.69, 9.17) is 4.42 Å². The van der Waals surface area contributed by atoms with Gasteiger partial charge in [0.1, 0.15) is 0 Å². The summed E-state index contributed by atoms with van der Waals surface area (Å²) in [4.78, 5) is 1.88. The fourth-order valence-electron chi connectivity index (χ4n) is 1.90. The highest BCUT2D eigenvalue weighted by Crippen LogP contribution is 2.15. The maximum absolute atomic E-state index is 9.22. The molecule has 0 aliphatic rings. The lowest BCUT2D eigenvalue weighted by molar-refractivity contribution is 0.297. The van der Waals surface area contributed by atoms with E-state index in [-0.39, 0.29) is 6.61 Å². The molecule has 2 aromatic rings. The van der Waals surface area contributed by atoms with Gasteiger partial charge >= 0.3 is 6.01 Å². The van der Waals surface area contributed by atoms with Crippen molar-refractivity contribution >= 4 is 6.01 Å². The molecule has 2 rings (SSSR count). The van der Waals surface area contributed by atoms with Crippen LogP contribution in [-0.2, 0) is 13.1 Å². The van der Waals surface area contributed by atoms with Crippen LogP contribution in [0.25, 0.3) is 0 Å². The Hall–Kier alpha value is -1.92. The first-order chi connectivity index (χ1) is 10.2. The van der Waals surface area contributed by atoms with Crippen LogP contribution in [0.1, 0.15) is 25.3 Å². The fraction of sp³-hybridized carbons (Fsp3) is 0.467. The van der Waals surface area contributed by atoms with Crippen LogP contribution in [-0.4, -0.2) is 34.5 Å². The van der Waals surface area contributed by atoms with E-state index in [2.05, 4.69) is 29.4 Å². The van der Waals surface area contributed by atoms with Gasteiger partial charge in [0.25, 0.3) is 0 Å². The topological polar surface area (TPSA) is 74.4 Å². The van der Waals surface area contributed by atoms with E-state index < -0.39 is 0 Å². The molecule has 0 aliphatic heterocycles. The molecule has 1 aromatic carbocycles. The second kappa shape index (κ2) is 7.75. The summed E-state index contributed by atoms with van der Waals surface area (Å²) in [7, 11) is 0. The number of aromatic nitrogens is 2. The molecule has 6 nitrogen and oxygen atoms in total. The quantitative estimate of drug-likeness (QED) is 0.768. The Kier molecular flexibility index (Phi) is 5.71. The molecule has 0 amide bonds. The maximum Gasteiger partial charge on any atom is 0.318 e.